The molecular weight excluding hydrogens is 235 g/mol. The van der Waals surface area contributed by atoms with Crippen LogP contribution < -0.4 is 0 Å². The average molecular weight is 249 g/mol. The Bertz CT molecular complexity index is 315. The maximum Gasteiger partial charge on any atom is 0.0805 e. The Balaban J connectivity index is 2.65. The van der Waals surface area contributed by atoms with Crippen LogP contribution >= 0.6 is 23.2 Å². The molecule has 0 saturated heterocycles. The molecule has 0 fully saturated rings. The Labute approximate surface area is 99.8 Å². The van der Waals surface area contributed by atoms with Gasteiger partial charge in [-0.3, -0.25) is 0 Å². The van der Waals surface area contributed by atoms with Crippen LogP contribution in [0, 0.1) is 0 Å². The lowest BCUT2D eigenvalue weighted by atomic mass is 10.1. The van der Waals surface area contributed by atoms with E-state index in [4.69, 9.17) is 27.9 Å². The first-order valence-corrected chi connectivity index (χ1v) is 5.53. The van der Waals surface area contributed by atoms with Gasteiger partial charge in [0.1, 0.15) is 0 Å². The molecule has 0 bridgehead atoms. The third kappa shape index (κ3) is 3.65. The lowest BCUT2D eigenvalue weighted by Gasteiger charge is -2.12. The first kappa shape index (κ1) is 12.8. The summed E-state index contributed by atoms with van der Waals surface area (Å²) < 4.78 is 4.91. The highest BCUT2D eigenvalue weighted by Crippen LogP contribution is 2.31. The van der Waals surface area contributed by atoms with Gasteiger partial charge in [0.15, 0.2) is 0 Å². The molecule has 0 aliphatic rings. The van der Waals surface area contributed by atoms with E-state index in [9.17, 15) is 5.11 Å². The van der Waals surface area contributed by atoms with Crippen molar-refractivity contribution in [2.24, 2.45) is 0 Å². The second-order valence-electron chi connectivity index (χ2n) is 3.29. The number of hydrogen-bond donors (Lipinski definition) is 1. The van der Waals surface area contributed by atoms with Gasteiger partial charge < -0.3 is 9.84 Å². The molecule has 0 aliphatic heterocycles. The van der Waals surface area contributed by atoms with E-state index in [0.29, 0.717) is 28.6 Å². The van der Waals surface area contributed by atoms with E-state index >= 15 is 0 Å². The highest BCUT2D eigenvalue weighted by atomic mass is 35.5. The normalized spacial score (nSPS) is 12.8. The van der Waals surface area contributed by atoms with Crippen molar-refractivity contribution in [3.8, 4) is 0 Å². The monoisotopic (exact) mass is 248 g/mol. The fraction of sp³-hybridized carbons (Fsp3) is 0.455. The average Bonchev–Trinajstić information content (AvgIpc) is 2.22. The molecular formula is C11H14Cl2O2. The van der Waals surface area contributed by atoms with Gasteiger partial charge in [0, 0.05) is 19.3 Å². The summed E-state index contributed by atoms with van der Waals surface area (Å²) in [5.41, 5.74) is 0.681. The molecule has 0 aliphatic carbocycles. The molecule has 1 rings (SSSR count). The van der Waals surface area contributed by atoms with Crippen LogP contribution in [-0.2, 0) is 4.74 Å². The molecule has 0 heterocycles. The molecule has 0 saturated carbocycles. The summed E-state index contributed by atoms with van der Waals surface area (Å²) in [6.45, 7) is 0.634. The molecule has 4 heteroatoms. The van der Waals surface area contributed by atoms with Crippen molar-refractivity contribution in [1.29, 1.82) is 0 Å². The molecule has 1 aromatic rings. The maximum absolute atomic E-state index is 9.85. The van der Waals surface area contributed by atoms with Gasteiger partial charge in [-0.15, -0.1) is 0 Å². The largest absolute Gasteiger partial charge is 0.388 e. The van der Waals surface area contributed by atoms with Crippen LogP contribution in [0.5, 0.6) is 0 Å². The molecule has 0 amide bonds. The minimum absolute atomic E-state index is 0.434. The Hall–Kier alpha value is -0.280. The van der Waals surface area contributed by atoms with E-state index in [0.717, 1.165) is 6.42 Å². The van der Waals surface area contributed by atoms with Crippen molar-refractivity contribution in [2.75, 3.05) is 13.7 Å². The predicted molar refractivity (Wildman–Crippen MR) is 62.5 cm³/mol. The zero-order valence-corrected chi connectivity index (χ0v) is 10.1. The first-order valence-electron chi connectivity index (χ1n) is 4.77. The van der Waals surface area contributed by atoms with E-state index in [1.165, 1.54) is 0 Å². The summed E-state index contributed by atoms with van der Waals surface area (Å²) in [4.78, 5) is 0. The molecule has 1 N–H and O–H groups in total. The number of hydrogen-bond acceptors (Lipinski definition) is 2. The maximum atomic E-state index is 9.85. The smallest absolute Gasteiger partial charge is 0.0805 e. The van der Waals surface area contributed by atoms with Crippen molar-refractivity contribution in [1.82, 2.24) is 0 Å². The summed E-state index contributed by atoms with van der Waals surface area (Å²) in [6, 6.07) is 5.27. The topological polar surface area (TPSA) is 29.5 Å². The van der Waals surface area contributed by atoms with E-state index in [2.05, 4.69) is 0 Å². The van der Waals surface area contributed by atoms with Crippen molar-refractivity contribution in [3.63, 3.8) is 0 Å². The molecule has 15 heavy (non-hydrogen) atoms. The van der Waals surface area contributed by atoms with Crippen LogP contribution in [0.3, 0.4) is 0 Å². The molecule has 1 atom stereocenters. The summed E-state index contributed by atoms with van der Waals surface area (Å²) in [5.74, 6) is 0. The van der Waals surface area contributed by atoms with Gasteiger partial charge in [-0.2, -0.15) is 0 Å². The molecule has 2 nitrogen and oxygen atoms in total. The number of benzene rings is 1. The van der Waals surface area contributed by atoms with Crippen LogP contribution in [0.2, 0.25) is 10.0 Å². The fourth-order valence-electron chi connectivity index (χ4n) is 1.35. The zero-order valence-electron chi connectivity index (χ0n) is 8.54. The van der Waals surface area contributed by atoms with Crippen LogP contribution in [0.25, 0.3) is 0 Å². The number of methoxy groups -OCH3 is 1. The predicted octanol–water partition coefficient (Wildman–Crippen LogP) is 3.45. The number of rotatable bonds is 5. The van der Waals surface area contributed by atoms with Crippen LogP contribution in [0.1, 0.15) is 24.5 Å². The molecule has 0 spiro atoms. The third-order valence-corrected chi connectivity index (χ3v) is 3.00. The number of aliphatic hydroxyl groups excluding tert-OH is 1. The zero-order chi connectivity index (χ0) is 11.3. The van der Waals surface area contributed by atoms with Gasteiger partial charge in [-0.05, 0) is 18.9 Å². The second kappa shape index (κ2) is 6.33. The minimum Gasteiger partial charge on any atom is -0.388 e. The van der Waals surface area contributed by atoms with Gasteiger partial charge in [-0.1, -0.05) is 35.3 Å². The Morgan fingerprint density at radius 1 is 1.40 bits per heavy atom. The van der Waals surface area contributed by atoms with Crippen LogP contribution in [0.15, 0.2) is 18.2 Å². The van der Waals surface area contributed by atoms with E-state index < -0.39 is 6.10 Å². The summed E-state index contributed by atoms with van der Waals surface area (Å²) >= 11 is 11.8. The Morgan fingerprint density at radius 3 is 2.80 bits per heavy atom. The summed E-state index contributed by atoms with van der Waals surface area (Å²) in [7, 11) is 1.64. The van der Waals surface area contributed by atoms with Crippen molar-refractivity contribution in [2.45, 2.75) is 18.9 Å². The standard InChI is InChI=1S/C11H14Cl2O2/c1-15-7-3-6-10(14)8-4-2-5-9(12)11(8)13/h2,4-5,10,14H,3,6-7H2,1H3. The summed E-state index contributed by atoms with van der Waals surface area (Å²) in [6.07, 6.45) is 0.834. The lowest BCUT2D eigenvalue weighted by molar-refractivity contribution is 0.136. The quantitative estimate of drug-likeness (QED) is 0.810. The van der Waals surface area contributed by atoms with Gasteiger partial charge >= 0.3 is 0 Å². The van der Waals surface area contributed by atoms with Crippen molar-refractivity contribution < 1.29 is 9.84 Å². The number of ether oxygens (including phenoxy) is 1. The lowest BCUT2D eigenvalue weighted by Crippen LogP contribution is -2.00. The molecule has 1 aromatic carbocycles. The molecule has 0 radical (unpaired) electrons. The van der Waals surface area contributed by atoms with Gasteiger partial charge in [0.25, 0.3) is 0 Å². The van der Waals surface area contributed by atoms with Gasteiger partial charge in [0.05, 0.1) is 16.1 Å². The van der Waals surface area contributed by atoms with E-state index in [1.807, 2.05) is 0 Å². The van der Waals surface area contributed by atoms with E-state index in [1.54, 1.807) is 25.3 Å². The molecule has 1 unspecified atom stereocenters. The van der Waals surface area contributed by atoms with Crippen LogP contribution in [0.4, 0.5) is 0 Å². The molecule has 84 valence electrons. The Morgan fingerprint density at radius 2 is 2.13 bits per heavy atom. The Kier molecular flexibility index (Phi) is 5.40. The first-order chi connectivity index (χ1) is 7.16. The second-order valence-corrected chi connectivity index (χ2v) is 4.08. The van der Waals surface area contributed by atoms with Gasteiger partial charge in [0.2, 0.25) is 0 Å². The highest BCUT2D eigenvalue weighted by Gasteiger charge is 2.12. The van der Waals surface area contributed by atoms with Crippen molar-refractivity contribution in [3.05, 3.63) is 33.8 Å². The number of aliphatic hydroxyl groups is 1. The number of halogens is 2. The highest BCUT2D eigenvalue weighted by molar-refractivity contribution is 6.42. The third-order valence-electron chi connectivity index (χ3n) is 2.17. The van der Waals surface area contributed by atoms with Crippen molar-refractivity contribution >= 4 is 23.2 Å². The fourth-order valence-corrected chi connectivity index (χ4v) is 1.79. The van der Waals surface area contributed by atoms with Crippen LogP contribution in [-0.4, -0.2) is 18.8 Å². The minimum atomic E-state index is -0.577. The SMILES string of the molecule is COCCCC(O)c1cccc(Cl)c1Cl. The van der Waals surface area contributed by atoms with Gasteiger partial charge in [-0.25, -0.2) is 0 Å². The molecule has 0 aromatic heterocycles. The van der Waals surface area contributed by atoms with E-state index in [-0.39, 0.29) is 0 Å². The summed E-state index contributed by atoms with van der Waals surface area (Å²) in [5, 5.41) is 10.8.